The summed E-state index contributed by atoms with van der Waals surface area (Å²) in [6.07, 6.45) is -4.08. The van der Waals surface area contributed by atoms with Crippen molar-refractivity contribution in [3.63, 3.8) is 0 Å². The lowest BCUT2D eigenvalue weighted by Gasteiger charge is -2.16. The average Bonchev–Trinajstić information content (AvgIpc) is 3.24. The zero-order chi connectivity index (χ0) is 26.6. The first-order chi connectivity index (χ1) is 16.9. The number of rotatable bonds is 3. The lowest BCUT2D eigenvalue weighted by molar-refractivity contribution is -0.156. The Morgan fingerprint density at radius 3 is 2.56 bits per heavy atom. The lowest BCUT2D eigenvalue weighted by atomic mass is 10.1. The summed E-state index contributed by atoms with van der Waals surface area (Å²) < 4.78 is 37.4. The Morgan fingerprint density at radius 2 is 1.97 bits per heavy atom. The highest BCUT2D eigenvalue weighted by Gasteiger charge is 2.30. The number of urea groups is 1. The van der Waals surface area contributed by atoms with Gasteiger partial charge in [-0.15, -0.1) is 0 Å². The Balaban J connectivity index is 0.000000538. The standard InChI is InChI=1S/C20H18BrClN6O2.C2HF3O/c1-10-3-4-11(7-24-10)25-20(29)28-8-13-16(9-28)26-19(23)27-18(13)12-5-17(30-2)14(21)6-15(12)22;3-2(4,5)1-6/h3-7H,8-9H2,1-2H3,(H,25,29)(H2,23,26,27);1H. The van der Waals surface area contributed by atoms with Crippen molar-refractivity contribution >= 4 is 51.5 Å². The minimum absolute atomic E-state index is 0.117. The third kappa shape index (κ3) is 6.61. The van der Waals surface area contributed by atoms with Gasteiger partial charge in [0.15, 0.2) is 0 Å². The van der Waals surface area contributed by atoms with Gasteiger partial charge in [-0.3, -0.25) is 9.78 Å². The predicted octanol–water partition coefficient (Wildman–Crippen LogP) is 5.15. The molecule has 36 heavy (non-hydrogen) atoms. The zero-order valence-corrected chi connectivity index (χ0v) is 21.2. The molecule has 2 amide bonds. The number of hydrogen-bond donors (Lipinski definition) is 2. The second-order valence-electron chi connectivity index (χ2n) is 7.46. The number of halogens is 5. The van der Waals surface area contributed by atoms with Crippen LogP contribution in [0.2, 0.25) is 5.02 Å². The third-order valence-electron chi connectivity index (χ3n) is 4.88. The number of pyridine rings is 1. The van der Waals surface area contributed by atoms with Gasteiger partial charge in [-0.05, 0) is 47.1 Å². The van der Waals surface area contributed by atoms with Crippen molar-refractivity contribution in [2.75, 3.05) is 18.2 Å². The van der Waals surface area contributed by atoms with Crippen LogP contribution in [-0.2, 0) is 17.9 Å². The first-order valence-electron chi connectivity index (χ1n) is 10.1. The number of carbonyl (C=O) groups is 2. The van der Waals surface area contributed by atoms with Crippen LogP contribution in [0.15, 0.2) is 34.9 Å². The monoisotopic (exact) mass is 586 g/mol. The number of amides is 2. The molecule has 2 aromatic heterocycles. The number of nitrogen functional groups attached to an aromatic ring is 1. The molecular formula is C22H19BrClF3N6O3. The lowest BCUT2D eigenvalue weighted by Crippen LogP contribution is -2.30. The Hall–Kier alpha value is -3.45. The van der Waals surface area contributed by atoms with Crippen LogP contribution in [0, 0.1) is 6.92 Å². The van der Waals surface area contributed by atoms with Crippen LogP contribution in [0.4, 0.5) is 29.6 Å². The highest BCUT2D eigenvalue weighted by Crippen LogP contribution is 2.39. The second-order valence-corrected chi connectivity index (χ2v) is 8.72. The first kappa shape index (κ1) is 27.1. The number of anilines is 2. The van der Waals surface area contributed by atoms with Gasteiger partial charge in [0, 0.05) is 16.8 Å². The van der Waals surface area contributed by atoms with Gasteiger partial charge in [0.2, 0.25) is 12.2 Å². The van der Waals surface area contributed by atoms with E-state index in [4.69, 9.17) is 26.9 Å². The van der Waals surface area contributed by atoms with Crippen molar-refractivity contribution < 1.29 is 27.5 Å². The number of ether oxygens (including phenoxy) is 1. The SMILES string of the molecule is COc1cc(-c2nc(N)nc3c2CN(C(=O)Nc2ccc(C)nc2)C3)c(Cl)cc1Br.O=CC(F)(F)F. The number of hydrogen-bond acceptors (Lipinski definition) is 7. The Bertz CT molecular complexity index is 1290. The van der Waals surface area contributed by atoms with Crippen molar-refractivity contribution in [2.24, 2.45) is 0 Å². The summed E-state index contributed by atoms with van der Waals surface area (Å²) in [4.78, 5) is 36.0. The number of nitrogens with two attached hydrogens (primary N) is 1. The Kier molecular flexibility index (Phi) is 8.35. The minimum atomic E-state index is -4.64. The summed E-state index contributed by atoms with van der Waals surface area (Å²) in [5.41, 5.74) is 10.2. The van der Waals surface area contributed by atoms with E-state index in [0.29, 0.717) is 46.5 Å². The van der Waals surface area contributed by atoms with Crippen molar-refractivity contribution in [1.29, 1.82) is 0 Å². The number of methoxy groups -OCH3 is 1. The van der Waals surface area contributed by atoms with Crippen molar-refractivity contribution in [3.8, 4) is 17.0 Å². The molecule has 4 rings (SSSR count). The Morgan fingerprint density at radius 1 is 1.28 bits per heavy atom. The van der Waals surface area contributed by atoms with E-state index in [0.717, 1.165) is 15.7 Å². The summed E-state index contributed by atoms with van der Waals surface area (Å²) in [6, 6.07) is 6.91. The molecule has 0 saturated carbocycles. The van der Waals surface area contributed by atoms with Gasteiger partial charge in [-0.1, -0.05) is 11.6 Å². The summed E-state index contributed by atoms with van der Waals surface area (Å²) in [6.45, 7) is 2.52. The molecule has 3 N–H and O–H groups in total. The van der Waals surface area contributed by atoms with Crippen molar-refractivity contribution in [1.82, 2.24) is 19.9 Å². The van der Waals surface area contributed by atoms with Crippen LogP contribution in [0.1, 0.15) is 17.0 Å². The largest absolute Gasteiger partial charge is 0.496 e. The number of carbonyl (C=O) groups excluding carboxylic acids is 2. The van der Waals surface area contributed by atoms with E-state index in [1.807, 2.05) is 13.0 Å². The highest BCUT2D eigenvalue weighted by atomic mass is 79.9. The van der Waals surface area contributed by atoms with Crippen molar-refractivity contribution in [3.05, 3.63) is 56.9 Å². The quantitative estimate of drug-likeness (QED) is 0.406. The topological polar surface area (TPSA) is 123 Å². The molecule has 14 heteroatoms. The summed E-state index contributed by atoms with van der Waals surface area (Å²) in [5.74, 6) is 0.728. The fourth-order valence-corrected chi connectivity index (χ4v) is 4.14. The van der Waals surface area contributed by atoms with Gasteiger partial charge in [0.05, 0.1) is 53.0 Å². The summed E-state index contributed by atoms with van der Waals surface area (Å²) in [5, 5.41) is 3.33. The molecule has 0 unspecified atom stereocenters. The van der Waals surface area contributed by atoms with Gasteiger partial charge in [0.1, 0.15) is 5.75 Å². The maximum atomic E-state index is 12.8. The first-order valence-corrected chi connectivity index (χ1v) is 11.3. The number of aldehydes is 1. The fraction of sp³-hybridized carbons (Fsp3) is 0.227. The van der Waals surface area contributed by atoms with Gasteiger partial charge in [0.25, 0.3) is 0 Å². The molecule has 1 aromatic carbocycles. The van der Waals surface area contributed by atoms with E-state index in [2.05, 4.69) is 36.2 Å². The summed E-state index contributed by atoms with van der Waals surface area (Å²) in [7, 11) is 1.57. The van der Waals surface area contributed by atoms with Crippen LogP contribution in [-0.4, -0.2) is 45.5 Å². The molecule has 0 radical (unpaired) electrons. The van der Waals surface area contributed by atoms with E-state index >= 15 is 0 Å². The molecule has 3 aromatic rings. The molecule has 0 aliphatic carbocycles. The molecule has 1 aliphatic heterocycles. The smallest absolute Gasteiger partial charge is 0.446 e. The van der Waals surface area contributed by atoms with Gasteiger partial charge in [-0.2, -0.15) is 13.2 Å². The van der Waals surface area contributed by atoms with E-state index in [-0.39, 0.29) is 12.0 Å². The normalized spacial score (nSPS) is 12.4. The zero-order valence-electron chi connectivity index (χ0n) is 18.9. The molecule has 1 aliphatic rings. The van der Waals surface area contributed by atoms with Gasteiger partial charge >= 0.3 is 12.2 Å². The van der Waals surface area contributed by atoms with E-state index in [1.54, 1.807) is 36.4 Å². The molecule has 190 valence electrons. The predicted molar refractivity (Wildman–Crippen MR) is 131 cm³/mol. The number of aryl methyl sites for hydroxylation is 1. The van der Waals surface area contributed by atoms with E-state index in [9.17, 15) is 18.0 Å². The second kappa shape index (κ2) is 11.1. The molecule has 0 atom stereocenters. The highest BCUT2D eigenvalue weighted by molar-refractivity contribution is 9.10. The maximum Gasteiger partial charge on any atom is 0.446 e. The number of benzene rings is 1. The number of alkyl halides is 3. The van der Waals surface area contributed by atoms with Crippen molar-refractivity contribution in [2.45, 2.75) is 26.2 Å². The van der Waals surface area contributed by atoms with Gasteiger partial charge < -0.3 is 20.7 Å². The van der Waals surface area contributed by atoms with Gasteiger partial charge in [-0.25, -0.2) is 14.8 Å². The van der Waals surface area contributed by atoms with Crippen LogP contribution >= 0.6 is 27.5 Å². The Labute approximate surface area is 217 Å². The number of fused-ring (bicyclic) bond motifs is 1. The number of aromatic nitrogens is 3. The van der Waals surface area contributed by atoms with Crippen LogP contribution in [0.3, 0.4) is 0 Å². The van der Waals surface area contributed by atoms with E-state index < -0.39 is 12.5 Å². The molecule has 3 heterocycles. The summed E-state index contributed by atoms with van der Waals surface area (Å²) >= 11 is 9.90. The molecule has 0 bridgehead atoms. The number of nitrogens with zero attached hydrogens (tertiary/aromatic N) is 4. The third-order valence-corrected chi connectivity index (χ3v) is 5.81. The average molecular weight is 588 g/mol. The molecule has 0 spiro atoms. The van der Waals surface area contributed by atoms with Crippen LogP contribution < -0.4 is 15.8 Å². The van der Waals surface area contributed by atoms with Crippen LogP contribution in [0.5, 0.6) is 5.75 Å². The molecule has 0 saturated heterocycles. The number of nitrogens with one attached hydrogen (secondary N) is 1. The molecular weight excluding hydrogens is 569 g/mol. The van der Waals surface area contributed by atoms with E-state index in [1.165, 1.54) is 0 Å². The van der Waals surface area contributed by atoms with Crippen LogP contribution in [0.25, 0.3) is 11.3 Å². The molecule has 0 fully saturated rings. The minimum Gasteiger partial charge on any atom is -0.496 e. The molecule has 9 nitrogen and oxygen atoms in total. The maximum absolute atomic E-state index is 12.8. The fourth-order valence-electron chi connectivity index (χ4n) is 3.25.